The largest absolute Gasteiger partial charge is 0.472 e. The van der Waals surface area contributed by atoms with Gasteiger partial charge >= 0.3 is 39.5 Å². The van der Waals surface area contributed by atoms with E-state index in [4.69, 9.17) is 37.0 Å². The molecule has 0 fully saturated rings. The highest BCUT2D eigenvalue weighted by Gasteiger charge is 2.30. The third-order valence-corrected chi connectivity index (χ3v) is 20.2. The second-order valence-electron chi connectivity index (χ2n) is 28.5. The molecule has 0 radical (unpaired) electrons. The molecule has 3 unspecified atom stereocenters. The van der Waals surface area contributed by atoms with Crippen LogP contribution >= 0.6 is 15.6 Å². The predicted molar refractivity (Wildman–Crippen MR) is 391 cm³/mol. The number of carbonyl (C=O) groups is 4. The van der Waals surface area contributed by atoms with Gasteiger partial charge in [-0.1, -0.05) is 350 Å². The standard InChI is InChI=1S/C77H150O17P2/c1-7-10-12-14-15-16-17-18-19-20-28-33-38-43-49-55-61-76(81)93-72(65-87-74(79)59-53-45-13-11-8-2)67-91-95(83,84)89-63-71(78)64-90-96(85,86)92-68-73(66-88-75(80)60-54-48-42-37-32-27-23-21-25-30-35-40-46-51-57-69(4)5)94-77(82)62-56-50-44-39-34-29-24-22-26-31-36-41-47-52-58-70(6)9-3/h69-73,78H,7-68H2,1-6H3,(H,83,84)(H,85,86)/t70?,71-,72+,73+/m0/s1. The van der Waals surface area contributed by atoms with E-state index in [-0.39, 0.29) is 25.7 Å². The van der Waals surface area contributed by atoms with Gasteiger partial charge in [-0.25, -0.2) is 9.13 Å². The van der Waals surface area contributed by atoms with E-state index in [0.717, 1.165) is 108 Å². The van der Waals surface area contributed by atoms with Crippen molar-refractivity contribution in [1.29, 1.82) is 0 Å². The van der Waals surface area contributed by atoms with E-state index in [1.807, 2.05) is 0 Å². The molecule has 17 nitrogen and oxygen atoms in total. The number of hydrogen-bond donors (Lipinski definition) is 3. The van der Waals surface area contributed by atoms with E-state index in [0.29, 0.717) is 25.7 Å². The number of unbranched alkanes of at least 4 members (excludes halogenated alkanes) is 45. The first-order valence-electron chi connectivity index (χ1n) is 40.0. The lowest BCUT2D eigenvalue weighted by Gasteiger charge is -2.21. The van der Waals surface area contributed by atoms with Gasteiger partial charge in [-0.3, -0.25) is 37.3 Å². The number of phosphoric ester groups is 2. The van der Waals surface area contributed by atoms with Crippen molar-refractivity contribution >= 4 is 39.5 Å². The zero-order valence-electron chi connectivity index (χ0n) is 62.7. The van der Waals surface area contributed by atoms with Crippen molar-refractivity contribution in [1.82, 2.24) is 0 Å². The predicted octanol–water partition coefficient (Wildman–Crippen LogP) is 22.7. The summed E-state index contributed by atoms with van der Waals surface area (Å²) in [6.07, 6.45) is 57.2. The van der Waals surface area contributed by atoms with Crippen molar-refractivity contribution in [2.24, 2.45) is 11.8 Å². The van der Waals surface area contributed by atoms with Crippen molar-refractivity contribution in [3.63, 3.8) is 0 Å². The van der Waals surface area contributed by atoms with E-state index in [1.54, 1.807) is 0 Å². The summed E-state index contributed by atoms with van der Waals surface area (Å²) >= 11 is 0. The molecule has 19 heteroatoms. The van der Waals surface area contributed by atoms with Crippen LogP contribution in [0.25, 0.3) is 0 Å². The van der Waals surface area contributed by atoms with Crippen LogP contribution in [0, 0.1) is 11.8 Å². The zero-order chi connectivity index (χ0) is 70.7. The van der Waals surface area contributed by atoms with Crippen molar-refractivity contribution < 1.29 is 80.2 Å². The monoisotopic (exact) mass is 1410 g/mol. The number of ether oxygens (including phenoxy) is 4. The summed E-state index contributed by atoms with van der Waals surface area (Å²) in [5, 5.41) is 10.6. The first kappa shape index (κ1) is 94.1. The number of phosphoric acid groups is 2. The molecule has 0 saturated carbocycles. The molecule has 0 bridgehead atoms. The maximum Gasteiger partial charge on any atom is 0.472 e. The summed E-state index contributed by atoms with van der Waals surface area (Å²) < 4.78 is 68.4. The Morgan fingerprint density at radius 1 is 0.302 bits per heavy atom. The minimum absolute atomic E-state index is 0.107. The summed E-state index contributed by atoms with van der Waals surface area (Å²) in [6.45, 7) is 9.60. The molecule has 0 aliphatic heterocycles. The maximum atomic E-state index is 13.1. The van der Waals surface area contributed by atoms with Crippen LogP contribution in [0.3, 0.4) is 0 Å². The molecule has 0 amide bonds. The fourth-order valence-corrected chi connectivity index (χ4v) is 13.4. The Labute approximate surface area is 588 Å². The van der Waals surface area contributed by atoms with Crippen molar-refractivity contribution in [3.05, 3.63) is 0 Å². The molecular weight excluding hydrogens is 1260 g/mol. The maximum absolute atomic E-state index is 13.1. The number of rotatable bonds is 76. The summed E-state index contributed by atoms with van der Waals surface area (Å²) in [5.41, 5.74) is 0. The molecular formula is C77H150O17P2. The van der Waals surface area contributed by atoms with Crippen LogP contribution in [-0.2, 0) is 65.4 Å². The van der Waals surface area contributed by atoms with Crippen LogP contribution in [0.15, 0.2) is 0 Å². The van der Waals surface area contributed by atoms with E-state index < -0.39 is 97.5 Å². The van der Waals surface area contributed by atoms with Gasteiger partial charge in [0.15, 0.2) is 12.2 Å². The molecule has 0 saturated heterocycles. The lowest BCUT2D eigenvalue weighted by molar-refractivity contribution is -0.161. The normalized spacial score (nSPS) is 14.3. The summed E-state index contributed by atoms with van der Waals surface area (Å²) in [6, 6.07) is 0. The number of aliphatic hydroxyl groups is 1. The van der Waals surface area contributed by atoms with E-state index in [9.17, 15) is 43.2 Å². The third kappa shape index (κ3) is 69.2. The van der Waals surface area contributed by atoms with Gasteiger partial charge in [0.05, 0.1) is 26.4 Å². The van der Waals surface area contributed by atoms with Crippen LogP contribution in [0.2, 0.25) is 0 Å². The Hall–Kier alpha value is -1.94. The van der Waals surface area contributed by atoms with E-state index in [2.05, 4.69) is 41.5 Å². The average molecular weight is 1410 g/mol. The van der Waals surface area contributed by atoms with Gasteiger partial charge < -0.3 is 33.8 Å². The molecule has 0 rings (SSSR count). The van der Waals surface area contributed by atoms with E-state index in [1.165, 1.54) is 212 Å². The van der Waals surface area contributed by atoms with Gasteiger partial charge in [0.25, 0.3) is 0 Å². The minimum atomic E-state index is -4.96. The Balaban J connectivity index is 5.14. The second-order valence-corrected chi connectivity index (χ2v) is 31.4. The molecule has 3 N–H and O–H groups in total. The lowest BCUT2D eigenvalue weighted by Crippen LogP contribution is -2.30. The minimum Gasteiger partial charge on any atom is -0.462 e. The van der Waals surface area contributed by atoms with Crippen molar-refractivity contribution in [2.75, 3.05) is 39.6 Å². The molecule has 0 spiro atoms. The molecule has 0 aromatic carbocycles. The molecule has 0 aromatic heterocycles. The molecule has 0 aliphatic rings. The number of esters is 4. The summed E-state index contributed by atoms with van der Waals surface area (Å²) in [4.78, 5) is 72.6. The molecule has 570 valence electrons. The van der Waals surface area contributed by atoms with Crippen LogP contribution in [-0.4, -0.2) is 96.7 Å². The average Bonchev–Trinajstić information content (AvgIpc) is 1.08. The second kappa shape index (κ2) is 68.8. The lowest BCUT2D eigenvalue weighted by atomic mass is 9.99. The first-order valence-corrected chi connectivity index (χ1v) is 43.0. The zero-order valence-corrected chi connectivity index (χ0v) is 64.5. The number of carbonyl (C=O) groups excluding carboxylic acids is 4. The van der Waals surface area contributed by atoms with Crippen LogP contribution in [0.1, 0.15) is 401 Å². The van der Waals surface area contributed by atoms with Gasteiger partial charge in [-0.15, -0.1) is 0 Å². The number of aliphatic hydroxyl groups excluding tert-OH is 1. The van der Waals surface area contributed by atoms with Gasteiger partial charge in [0.1, 0.15) is 19.3 Å². The van der Waals surface area contributed by atoms with Gasteiger partial charge in [-0.05, 0) is 37.5 Å². The Morgan fingerprint density at radius 3 is 0.792 bits per heavy atom. The van der Waals surface area contributed by atoms with Crippen LogP contribution in [0.4, 0.5) is 0 Å². The van der Waals surface area contributed by atoms with Crippen molar-refractivity contribution in [2.45, 2.75) is 419 Å². The van der Waals surface area contributed by atoms with Gasteiger partial charge in [0.2, 0.25) is 0 Å². The van der Waals surface area contributed by atoms with Crippen molar-refractivity contribution in [3.8, 4) is 0 Å². The quantitative estimate of drug-likeness (QED) is 0.0222. The first-order chi connectivity index (χ1) is 46.4. The molecule has 0 heterocycles. The summed E-state index contributed by atoms with van der Waals surface area (Å²) in [7, 11) is -9.90. The highest BCUT2D eigenvalue weighted by molar-refractivity contribution is 7.47. The Bertz CT molecular complexity index is 1860. The third-order valence-electron chi connectivity index (χ3n) is 18.3. The Kier molecular flexibility index (Phi) is 67.4. The molecule has 96 heavy (non-hydrogen) atoms. The molecule has 0 aromatic rings. The van der Waals surface area contributed by atoms with Gasteiger partial charge in [0, 0.05) is 25.7 Å². The van der Waals surface area contributed by atoms with Crippen LogP contribution < -0.4 is 0 Å². The smallest absolute Gasteiger partial charge is 0.462 e. The van der Waals surface area contributed by atoms with E-state index >= 15 is 0 Å². The van der Waals surface area contributed by atoms with Gasteiger partial charge in [-0.2, -0.15) is 0 Å². The fraction of sp³-hybridized carbons (Fsp3) is 0.948. The topological polar surface area (TPSA) is 237 Å². The number of hydrogen-bond acceptors (Lipinski definition) is 15. The highest BCUT2D eigenvalue weighted by Crippen LogP contribution is 2.45. The fourth-order valence-electron chi connectivity index (χ4n) is 11.8. The SMILES string of the molecule is CCCCCCCCCCCCCCCCCCC(=O)O[C@H](COC(=O)CCCCCCC)COP(=O)(O)OC[C@H](O)COP(=O)(O)OC[C@@H](COC(=O)CCCCCCCCCCCCCCCCC(C)C)OC(=O)CCCCCCCCCCCCCCCCC(C)CC. The van der Waals surface area contributed by atoms with Crippen LogP contribution in [0.5, 0.6) is 0 Å². The summed E-state index contributed by atoms with van der Waals surface area (Å²) in [5.74, 6) is -0.479. The Morgan fingerprint density at radius 2 is 0.531 bits per heavy atom. The molecule has 0 aliphatic carbocycles. The molecule has 6 atom stereocenters. The highest BCUT2D eigenvalue weighted by atomic mass is 31.2.